The first-order chi connectivity index (χ1) is 13.4. The molecule has 0 aliphatic carbocycles. The molecule has 1 N–H and O–H groups in total. The van der Waals surface area contributed by atoms with Crippen molar-refractivity contribution in [1.29, 1.82) is 0 Å². The van der Waals surface area contributed by atoms with E-state index in [-0.39, 0.29) is 5.92 Å². The lowest BCUT2D eigenvalue weighted by Gasteiger charge is -2.21. The van der Waals surface area contributed by atoms with Gasteiger partial charge in [-0.25, -0.2) is 14.6 Å². The standard InChI is InChI=1S/C20H24N2O5S/c1-5-12(2)16(19(24)26-4)22-15(23)11-27-20(25)18-17(21-13(3)28-18)14-9-7-6-8-10-14/h6-10,12,16H,5,11H2,1-4H3,(H,22,23)/t12-,16+/m1/s1. The van der Waals surface area contributed by atoms with Gasteiger partial charge in [0.2, 0.25) is 0 Å². The minimum Gasteiger partial charge on any atom is -0.467 e. The van der Waals surface area contributed by atoms with Gasteiger partial charge in [0.1, 0.15) is 10.9 Å². The highest BCUT2D eigenvalue weighted by Gasteiger charge is 2.27. The van der Waals surface area contributed by atoms with Crippen LogP contribution in [-0.2, 0) is 19.1 Å². The molecule has 1 heterocycles. The van der Waals surface area contributed by atoms with Crippen LogP contribution in [0.5, 0.6) is 0 Å². The number of nitrogens with zero attached hydrogens (tertiary/aromatic N) is 1. The maximum absolute atomic E-state index is 12.5. The Balaban J connectivity index is 2.04. The summed E-state index contributed by atoms with van der Waals surface area (Å²) in [6.07, 6.45) is 0.681. The minimum atomic E-state index is -0.785. The molecule has 1 amide bonds. The van der Waals surface area contributed by atoms with Crippen LogP contribution in [0, 0.1) is 12.8 Å². The SMILES string of the molecule is CC[C@@H](C)[C@H](NC(=O)COC(=O)c1sc(C)nc1-c1ccccc1)C(=O)OC. The third-order valence-corrected chi connectivity index (χ3v) is 5.24. The Morgan fingerprint density at radius 2 is 1.89 bits per heavy atom. The van der Waals surface area contributed by atoms with Crippen LogP contribution in [0.2, 0.25) is 0 Å². The Bertz CT molecular complexity index is 834. The van der Waals surface area contributed by atoms with Crippen LogP contribution in [0.15, 0.2) is 30.3 Å². The predicted octanol–water partition coefficient (Wildman–Crippen LogP) is 2.98. The van der Waals surface area contributed by atoms with E-state index in [4.69, 9.17) is 9.47 Å². The minimum absolute atomic E-state index is 0.110. The third-order valence-electron chi connectivity index (χ3n) is 4.29. The van der Waals surface area contributed by atoms with Gasteiger partial charge in [-0.15, -0.1) is 11.3 Å². The van der Waals surface area contributed by atoms with E-state index in [9.17, 15) is 14.4 Å². The van der Waals surface area contributed by atoms with Crippen LogP contribution < -0.4 is 5.32 Å². The number of methoxy groups -OCH3 is 1. The Morgan fingerprint density at radius 3 is 2.50 bits per heavy atom. The highest BCUT2D eigenvalue weighted by Crippen LogP contribution is 2.28. The molecule has 0 saturated heterocycles. The summed E-state index contributed by atoms with van der Waals surface area (Å²) in [6, 6.07) is 8.51. The smallest absolute Gasteiger partial charge is 0.351 e. The fourth-order valence-corrected chi connectivity index (χ4v) is 3.40. The number of thiazole rings is 1. The van der Waals surface area contributed by atoms with Crippen molar-refractivity contribution >= 4 is 29.2 Å². The summed E-state index contributed by atoms with van der Waals surface area (Å²) in [5.74, 6) is -1.83. The van der Waals surface area contributed by atoms with Gasteiger partial charge in [-0.3, -0.25) is 4.79 Å². The zero-order valence-corrected chi connectivity index (χ0v) is 17.2. The second-order valence-electron chi connectivity index (χ2n) is 6.31. The molecule has 150 valence electrons. The lowest BCUT2D eigenvalue weighted by Crippen LogP contribution is -2.47. The molecule has 28 heavy (non-hydrogen) atoms. The molecule has 2 rings (SSSR count). The van der Waals surface area contributed by atoms with Crippen molar-refractivity contribution < 1.29 is 23.9 Å². The second kappa shape index (κ2) is 9.98. The average molecular weight is 404 g/mol. The fourth-order valence-electron chi connectivity index (χ4n) is 2.57. The number of aromatic nitrogens is 1. The van der Waals surface area contributed by atoms with E-state index < -0.39 is 30.5 Å². The maximum Gasteiger partial charge on any atom is 0.351 e. The topological polar surface area (TPSA) is 94.6 Å². The van der Waals surface area contributed by atoms with E-state index in [1.165, 1.54) is 18.4 Å². The van der Waals surface area contributed by atoms with Crippen molar-refractivity contribution in [1.82, 2.24) is 10.3 Å². The molecule has 1 aromatic heterocycles. The number of amides is 1. The van der Waals surface area contributed by atoms with E-state index in [1.807, 2.05) is 44.2 Å². The number of esters is 2. The van der Waals surface area contributed by atoms with Gasteiger partial charge >= 0.3 is 11.9 Å². The molecule has 0 unspecified atom stereocenters. The molecule has 0 saturated carbocycles. The van der Waals surface area contributed by atoms with E-state index in [0.29, 0.717) is 17.0 Å². The zero-order chi connectivity index (χ0) is 20.7. The summed E-state index contributed by atoms with van der Waals surface area (Å²) in [6.45, 7) is 5.05. The zero-order valence-electron chi connectivity index (χ0n) is 16.4. The number of rotatable bonds is 8. The highest BCUT2D eigenvalue weighted by atomic mass is 32.1. The quantitative estimate of drug-likeness (QED) is 0.680. The third kappa shape index (κ3) is 5.39. The molecule has 0 spiro atoms. The van der Waals surface area contributed by atoms with Crippen molar-refractivity contribution in [3.8, 4) is 11.3 Å². The number of benzene rings is 1. The van der Waals surface area contributed by atoms with E-state index >= 15 is 0 Å². The number of nitrogens with one attached hydrogen (secondary N) is 1. The molecule has 0 radical (unpaired) electrons. The number of hydrogen-bond acceptors (Lipinski definition) is 7. The Kier molecular flexibility index (Phi) is 7.69. The number of carbonyl (C=O) groups excluding carboxylic acids is 3. The number of ether oxygens (including phenoxy) is 2. The predicted molar refractivity (Wildman–Crippen MR) is 106 cm³/mol. The molecule has 1 aromatic carbocycles. The van der Waals surface area contributed by atoms with Crippen molar-refractivity contribution in [3.63, 3.8) is 0 Å². The average Bonchev–Trinajstić information content (AvgIpc) is 3.11. The van der Waals surface area contributed by atoms with Gasteiger partial charge in [-0.2, -0.15) is 0 Å². The highest BCUT2D eigenvalue weighted by molar-refractivity contribution is 7.14. The summed E-state index contributed by atoms with van der Waals surface area (Å²) in [5, 5.41) is 3.29. The van der Waals surface area contributed by atoms with Gasteiger partial charge in [0.25, 0.3) is 5.91 Å². The van der Waals surface area contributed by atoms with Gasteiger partial charge < -0.3 is 14.8 Å². The Labute approximate surface area is 168 Å². The maximum atomic E-state index is 12.5. The van der Waals surface area contributed by atoms with Crippen molar-refractivity contribution in [2.24, 2.45) is 5.92 Å². The Morgan fingerprint density at radius 1 is 1.21 bits per heavy atom. The molecule has 2 atom stereocenters. The van der Waals surface area contributed by atoms with Crippen molar-refractivity contribution in [2.75, 3.05) is 13.7 Å². The molecule has 0 aliphatic rings. The first kappa shape index (κ1) is 21.6. The summed E-state index contributed by atoms with van der Waals surface area (Å²) in [5.41, 5.74) is 1.33. The largest absolute Gasteiger partial charge is 0.467 e. The molecule has 0 bridgehead atoms. The van der Waals surface area contributed by atoms with Crippen LogP contribution >= 0.6 is 11.3 Å². The van der Waals surface area contributed by atoms with E-state index in [1.54, 1.807) is 6.92 Å². The molecule has 7 nitrogen and oxygen atoms in total. The monoisotopic (exact) mass is 404 g/mol. The number of carbonyl (C=O) groups is 3. The summed E-state index contributed by atoms with van der Waals surface area (Å²) < 4.78 is 9.89. The van der Waals surface area contributed by atoms with Gasteiger partial charge in [0.15, 0.2) is 6.61 Å². The normalized spacial score (nSPS) is 12.7. The summed E-state index contributed by atoms with van der Waals surface area (Å²) in [7, 11) is 1.27. The molecular weight excluding hydrogens is 380 g/mol. The van der Waals surface area contributed by atoms with Gasteiger partial charge in [-0.05, 0) is 12.8 Å². The lowest BCUT2D eigenvalue weighted by atomic mass is 9.99. The van der Waals surface area contributed by atoms with Crippen molar-refractivity contribution in [3.05, 3.63) is 40.2 Å². The lowest BCUT2D eigenvalue weighted by molar-refractivity contribution is -0.147. The molecule has 0 fully saturated rings. The van der Waals surface area contributed by atoms with Gasteiger partial charge in [0.05, 0.1) is 17.8 Å². The van der Waals surface area contributed by atoms with Crippen LogP contribution in [0.1, 0.15) is 34.9 Å². The van der Waals surface area contributed by atoms with Crippen LogP contribution in [0.4, 0.5) is 0 Å². The molecule has 8 heteroatoms. The molecular formula is C20H24N2O5S. The molecule has 0 aliphatic heterocycles. The van der Waals surface area contributed by atoms with Crippen LogP contribution in [0.3, 0.4) is 0 Å². The van der Waals surface area contributed by atoms with Gasteiger partial charge in [-0.1, -0.05) is 50.6 Å². The fraction of sp³-hybridized carbons (Fsp3) is 0.400. The summed E-state index contributed by atoms with van der Waals surface area (Å²) in [4.78, 5) is 41.3. The molecule has 2 aromatic rings. The van der Waals surface area contributed by atoms with Crippen LogP contribution in [0.25, 0.3) is 11.3 Å². The van der Waals surface area contributed by atoms with E-state index in [2.05, 4.69) is 10.3 Å². The Hall–Kier alpha value is -2.74. The van der Waals surface area contributed by atoms with Gasteiger partial charge in [0, 0.05) is 5.56 Å². The second-order valence-corrected chi connectivity index (χ2v) is 7.51. The van der Waals surface area contributed by atoms with Crippen LogP contribution in [-0.4, -0.2) is 42.6 Å². The van der Waals surface area contributed by atoms with E-state index in [0.717, 1.165) is 10.6 Å². The first-order valence-electron chi connectivity index (χ1n) is 8.94. The number of aryl methyl sites for hydroxylation is 1. The van der Waals surface area contributed by atoms with Crippen molar-refractivity contribution in [2.45, 2.75) is 33.2 Å². The number of hydrogen-bond donors (Lipinski definition) is 1. The first-order valence-corrected chi connectivity index (χ1v) is 9.76. The summed E-state index contributed by atoms with van der Waals surface area (Å²) >= 11 is 1.21.